The van der Waals surface area contributed by atoms with E-state index in [-0.39, 0.29) is 6.04 Å². The predicted octanol–water partition coefficient (Wildman–Crippen LogP) is 4.01. The molecule has 1 N–H and O–H groups in total. The van der Waals surface area contributed by atoms with Crippen LogP contribution in [0, 0.1) is 0 Å². The van der Waals surface area contributed by atoms with E-state index in [4.69, 9.17) is 11.6 Å². The van der Waals surface area contributed by atoms with Crippen LogP contribution >= 0.6 is 11.6 Å². The Labute approximate surface area is 149 Å². The van der Waals surface area contributed by atoms with Gasteiger partial charge in [-0.2, -0.15) is 5.10 Å². The molecule has 0 fully saturated rings. The first-order valence-corrected chi connectivity index (χ1v) is 8.22. The predicted molar refractivity (Wildman–Crippen MR) is 97.5 cm³/mol. The van der Waals surface area contributed by atoms with Crippen molar-refractivity contribution < 1.29 is 0 Å². The maximum Gasteiger partial charge on any atom is 0.166 e. The molecule has 1 atom stereocenters. The van der Waals surface area contributed by atoms with Gasteiger partial charge in [0, 0.05) is 29.7 Å². The molecule has 0 saturated carbocycles. The van der Waals surface area contributed by atoms with Gasteiger partial charge in [-0.15, -0.1) is 0 Å². The van der Waals surface area contributed by atoms with Gasteiger partial charge in [0.2, 0.25) is 0 Å². The van der Waals surface area contributed by atoms with Crippen LogP contribution in [0.5, 0.6) is 0 Å². The maximum absolute atomic E-state index is 5.95. The second-order valence-electron chi connectivity index (χ2n) is 5.63. The number of hydrogen-bond donors (Lipinski definition) is 1. The Kier molecular flexibility index (Phi) is 4.03. The molecule has 0 spiro atoms. The van der Waals surface area contributed by atoms with Crippen LogP contribution in [0.25, 0.3) is 17.0 Å². The minimum Gasteiger partial charge on any atom is -0.363 e. The number of fused-ring (bicyclic) bond motifs is 1. The summed E-state index contributed by atoms with van der Waals surface area (Å²) >= 11 is 5.95. The van der Waals surface area contributed by atoms with Gasteiger partial charge >= 0.3 is 0 Å². The number of hydrogen-bond acceptors (Lipinski definition) is 5. The fourth-order valence-corrected chi connectivity index (χ4v) is 2.74. The third-order valence-electron chi connectivity index (χ3n) is 3.91. The molecule has 1 aromatic carbocycles. The fraction of sp³-hybridized carbons (Fsp3) is 0.111. The minimum absolute atomic E-state index is 0.0852. The lowest BCUT2D eigenvalue weighted by Crippen LogP contribution is -2.08. The first kappa shape index (κ1) is 15.5. The Morgan fingerprint density at radius 2 is 1.92 bits per heavy atom. The normalized spacial score (nSPS) is 12.2. The van der Waals surface area contributed by atoms with Gasteiger partial charge in [0.1, 0.15) is 5.82 Å². The molecular formula is C18H15ClN6. The summed E-state index contributed by atoms with van der Waals surface area (Å²) in [5, 5.41) is 8.39. The Hall–Kier alpha value is -2.99. The number of aromatic nitrogens is 5. The lowest BCUT2D eigenvalue weighted by Gasteiger charge is -2.15. The van der Waals surface area contributed by atoms with Crippen molar-refractivity contribution in [2.75, 3.05) is 5.32 Å². The zero-order chi connectivity index (χ0) is 17.2. The third-order valence-corrected chi connectivity index (χ3v) is 4.16. The van der Waals surface area contributed by atoms with E-state index in [1.165, 1.54) is 0 Å². The van der Waals surface area contributed by atoms with Crippen LogP contribution in [0.3, 0.4) is 0 Å². The van der Waals surface area contributed by atoms with Gasteiger partial charge in [-0.05, 0) is 36.8 Å². The van der Waals surface area contributed by atoms with Crippen molar-refractivity contribution in [1.82, 2.24) is 24.6 Å². The SMILES string of the molecule is C[C@H](Nc1ccnc(-c2cnn3cccnc23)n1)c1ccc(Cl)cc1. The second kappa shape index (κ2) is 6.49. The Bertz CT molecular complexity index is 1010. The van der Waals surface area contributed by atoms with E-state index >= 15 is 0 Å². The van der Waals surface area contributed by atoms with Gasteiger partial charge in [0.05, 0.1) is 11.8 Å². The Morgan fingerprint density at radius 3 is 2.76 bits per heavy atom. The molecule has 0 aliphatic carbocycles. The molecule has 0 radical (unpaired) electrons. The highest BCUT2D eigenvalue weighted by Gasteiger charge is 2.12. The summed E-state index contributed by atoms with van der Waals surface area (Å²) in [5.74, 6) is 1.32. The van der Waals surface area contributed by atoms with Crippen molar-refractivity contribution in [3.05, 3.63) is 71.8 Å². The lowest BCUT2D eigenvalue weighted by molar-refractivity contribution is 0.873. The summed E-state index contributed by atoms with van der Waals surface area (Å²) in [5.41, 5.74) is 2.65. The molecule has 0 aliphatic heterocycles. The average Bonchev–Trinajstić information content (AvgIpc) is 3.06. The van der Waals surface area contributed by atoms with Crippen LogP contribution in [-0.4, -0.2) is 24.6 Å². The van der Waals surface area contributed by atoms with E-state index in [0.717, 1.165) is 27.6 Å². The summed E-state index contributed by atoms with van der Waals surface area (Å²) in [6.45, 7) is 2.07. The van der Waals surface area contributed by atoms with Crippen molar-refractivity contribution in [3.63, 3.8) is 0 Å². The summed E-state index contributed by atoms with van der Waals surface area (Å²) in [6.07, 6.45) is 7.03. The highest BCUT2D eigenvalue weighted by atomic mass is 35.5. The molecule has 7 heteroatoms. The molecule has 0 saturated heterocycles. The molecule has 0 bridgehead atoms. The summed E-state index contributed by atoms with van der Waals surface area (Å²) in [6, 6.07) is 11.5. The van der Waals surface area contributed by atoms with Crippen LogP contribution in [0.15, 0.2) is 61.2 Å². The number of halogens is 1. The van der Waals surface area contributed by atoms with Crippen LogP contribution in [0.4, 0.5) is 5.82 Å². The van der Waals surface area contributed by atoms with Crippen molar-refractivity contribution in [2.24, 2.45) is 0 Å². The molecule has 0 amide bonds. The zero-order valence-electron chi connectivity index (χ0n) is 13.5. The van der Waals surface area contributed by atoms with Crippen molar-refractivity contribution >= 4 is 23.1 Å². The molecule has 3 aromatic heterocycles. The van der Waals surface area contributed by atoms with E-state index in [0.29, 0.717) is 5.82 Å². The average molecular weight is 351 g/mol. The van der Waals surface area contributed by atoms with E-state index in [9.17, 15) is 0 Å². The van der Waals surface area contributed by atoms with Crippen molar-refractivity contribution in [1.29, 1.82) is 0 Å². The van der Waals surface area contributed by atoms with Crippen LogP contribution < -0.4 is 5.32 Å². The highest BCUT2D eigenvalue weighted by Crippen LogP contribution is 2.23. The molecule has 4 aromatic rings. The molecule has 3 heterocycles. The Balaban J connectivity index is 1.62. The summed E-state index contributed by atoms with van der Waals surface area (Å²) in [4.78, 5) is 13.3. The smallest absolute Gasteiger partial charge is 0.166 e. The second-order valence-corrected chi connectivity index (χ2v) is 6.07. The van der Waals surface area contributed by atoms with Crippen LogP contribution in [0.1, 0.15) is 18.5 Å². The maximum atomic E-state index is 5.95. The topological polar surface area (TPSA) is 68.0 Å². The van der Waals surface area contributed by atoms with E-state index < -0.39 is 0 Å². The third kappa shape index (κ3) is 3.16. The molecule has 0 unspecified atom stereocenters. The van der Waals surface area contributed by atoms with Gasteiger partial charge in [0.15, 0.2) is 11.5 Å². The zero-order valence-corrected chi connectivity index (χ0v) is 14.2. The number of benzene rings is 1. The first-order valence-electron chi connectivity index (χ1n) is 7.84. The number of nitrogens with one attached hydrogen (secondary N) is 1. The van der Waals surface area contributed by atoms with Crippen LogP contribution in [-0.2, 0) is 0 Å². The standard InChI is InChI=1S/C18H15ClN6/c1-12(13-3-5-14(19)6-4-13)23-16-7-9-20-17(24-16)15-11-22-25-10-2-8-21-18(15)25/h2-12H,1H3,(H,20,23,24)/t12-/m0/s1. The van der Waals surface area contributed by atoms with E-state index in [1.807, 2.05) is 42.6 Å². The molecule has 25 heavy (non-hydrogen) atoms. The molecular weight excluding hydrogens is 336 g/mol. The summed E-state index contributed by atoms with van der Waals surface area (Å²) in [7, 11) is 0. The number of rotatable bonds is 4. The van der Waals surface area contributed by atoms with Gasteiger partial charge in [-0.1, -0.05) is 23.7 Å². The van der Waals surface area contributed by atoms with Crippen LogP contribution in [0.2, 0.25) is 5.02 Å². The fourth-order valence-electron chi connectivity index (χ4n) is 2.61. The van der Waals surface area contributed by atoms with Crippen molar-refractivity contribution in [3.8, 4) is 11.4 Å². The summed E-state index contributed by atoms with van der Waals surface area (Å²) < 4.78 is 1.70. The van der Waals surface area contributed by atoms with Gasteiger partial charge < -0.3 is 5.32 Å². The van der Waals surface area contributed by atoms with E-state index in [2.05, 4.69) is 32.3 Å². The molecule has 6 nitrogen and oxygen atoms in total. The number of anilines is 1. The van der Waals surface area contributed by atoms with E-state index in [1.54, 1.807) is 23.1 Å². The largest absolute Gasteiger partial charge is 0.363 e. The van der Waals surface area contributed by atoms with Gasteiger partial charge in [-0.25, -0.2) is 19.5 Å². The highest BCUT2D eigenvalue weighted by molar-refractivity contribution is 6.30. The first-order chi connectivity index (χ1) is 12.2. The Morgan fingerprint density at radius 1 is 1.08 bits per heavy atom. The number of nitrogens with zero attached hydrogens (tertiary/aromatic N) is 5. The molecule has 4 rings (SSSR count). The molecule has 124 valence electrons. The lowest BCUT2D eigenvalue weighted by atomic mass is 10.1. The monoisotopic (exact) mass is 350 g/mol. The van der Waals surface area contributed by atoms with Gasteiger partial charge in [0.25, 0.3) is 0 Å². The molecule has 0 aliphatic rings. The van der Waals surface area contributed by atoms with Gasteiger partial charge in [-0.3, -0.25) is 0 Å². The quantitative estimate of drug-likeness (QED) is 0.602. The minimum atomic E-state index is 0.0852. The van der Waals surface area contributed by atoms with Crippen molar-refractivity contribution in [2.45, 2.75) is 13.0 Å².